The summed E-state index contributed by atoms with van der Waals surface area (Å²) in [5.41, 5.74) is 2.62. The fourth-order valence-electron chi connectivity index (χ4n) is 4.07. The number of piperidine rings is 1. The average molecular weight is 452 g/mol. The number of anilines is 2. The molecule has 0 bridgehead atoms. The van der Waals surface area contributed by atoms with Gasteiger partial charge in [-0.2, -0.15) is 0 Å². The van der Waals surface area contributed by atoms with Gasteiger partial charge in [0.25, 0.3) is 11.8 Å². The molecule has 0 aliphatic carbocycles. The maximum absolute atomic E-state index is 14.8. The van der Waals surface area contributed by atoms with Crippen molar-refractivity contribution in [3.8, 4) is 0 Å². The Labute approximate surface area is 192 Å². The fraction of sp³-hybridized carbons (Fsp3) is 0.320. The molecule has 4 rings (SSSR count). The Kier molecular flexibility index (Phi) is 6.37. The van der Waals surface area contributed by atoms with Crippen molar-refractivity contribution in [2.45, 2.75) is 39.0 Å². The van der Waals surface area contributed by atoms with Gasteiger partial charge in [-0.3, -0.25) is 19.8 Å². The summed E-state index contributed by atoms with van der Waals surface area (Å²) in [6.45, 7) is 5.84. The number of thiocarbonyl (C=S) groups is 1. The fourth-order valence-corrected chi connectivity index (χ4v) is 4.35. The molecule has 1 N–H and O–H groups in total. The summed E-state index contributed by atoms with van der Waals surface area (Å²) in [5, 5.41) is 2.60. The minimum Gasteiger partial charge on any atom is -0.369 e. The lowest BCUT2D eigenvalue weighted by molar-refractivity contribution is -0.122. The Morgan fingerprint density at radius 2 is 1.72 bits per heavy atom. The van der Waals surface area contributed by atoms with E-state index >= 15 is 0 Å². The van der Waals surface area contributed by atoms with Crippen LogP contribution in [0.5, 0.6) is 0 Å². The largest absolute Gasteiger partial charge is 0.369 e. The lowest BCUT2D eigenvalue weighted by atomic mass is 10.0. The van der Waals surface area contributed by atoms with Crippen LogP contribution in [-0.4, -0.2) is 30.0 Å². The van der Waals surface area contributed by atoms with Gasteiger partial charge in [-0.15, -0.1) is 0 Å². The summed E-state index contributed by atoms with van der Waals surface area (Å²) < 4.78 is 14.8. The molecule has 0 spiro atoms. The molecular formula is C25H26FN3O2S. The molecule has 2 saturated heterocycles. The second-order valence-corrected chi connectivity index (χ2v) is 8.85. The lowest BCUT2D eigenvalue weighted by Crippen LogP contribution is -2.54. The zero-order valence-corrected chi connectivity index (χ0v) is 19.0. The number of nitrogens with one attached hydrogen (secondary N) is 1. The lowest BCUT2D eigenvalue weighted by Gasteiger charge is -2.29. The molecule has 2 aliphatic rings. The molecule has 0 saturated carbocycles. The van der Waals surface area contributed by atoms with Gasteiger partial charge in [-0.25, -0.2) is 4.39 Å². The van der Waals surface area contributed by atoms with Crippen molar-refractivity contribution >= 4 is 46.6 Å². The SMILES string of the molecule is CC(C)c1ccc(N2C(=O)/C(=C/c3ccc(N4CCCCC4)c(F)c3)C(=O)NC2=S)cc1. The first-order chi connectivity index (χ1) is 15.3. The molecule has 2 aliphatic heterocycles. The molecule has 2 aromatic rings. The van der Waals surface area contributed by atoms with E-state index in [4.69, 9.17) is 12.2 Å². The van der Waals surface area contributed by atoms with Crippen LogP contribution in [0.25, 0.3) is 6.08 Å². The molecule has 32 heavy (non-hydrogen) atoms. The molecule has 5 nitrogen and oxygen atoms in total. The third kappa shape index (κ3) is 4.43. The smallest absolute Gasteiger partial charge is 0.270 e. The van der Waals surface area contributed by atoms with Crippen molar-refractivity contribution in [2.24, 2.45) is 0 Å². The Morgan fingerprint density at radius 1 is 1.03 bits per heavy atom. The molecular weight excluding hydrogens is 425 g/mol. The number of rotatable bonds is 4. The van der Waals surface area contributed by atoms with Crippen molar-refractivity contribution in [3.05, 3.63) is 65.0 Å². The quantitative estimate of drug-likeness (QED) is 0.413. The zero-order chi connectivity index (χ0) is 22.8. The molecule has 2 aromatic carbocycles. The minimum absolute atomic E-state index is 0.0288. The van der Waals surface area contributed by atoms with Gasteiger partial charge in [0.05, 0.1) is 11.4 Å². The predicted octanol–water partition coefficient (Wildman–Crippen LogP) is 4.77. The number of benzene rings is 2. The van der Waals surface area contributed by atoms with E-state index in [-0.39, 0.29) is 16.5 Å². The highest BCUT2D eigenvalue weighted by Crippen LogP contribution is 2.27. The maximum Gasteiger partial charge on any atom is 0.270 e. The van der Waals surface area contributed by atoms with Gasteiger partial charge in [0.1, 0.15) is 11.4 Å². The topological polar surface area (TPSA) is 52.7 Å². The molecule has 7 heteroatoms. The van der Waals surface area contributed by atoms with Gasteiger partial charge in [-0.05, 0) is 78.9 Å². The van der Waals surface area contributed by atoms with Crippen molar-refractivity contribution < 1.29 is 14.0 Å². The maximum atomic E-state index is 14.8. The Bertz CT molecular complexity index is 1090. The van der Waals surface area contributed by atoms with Crippen LogP contribution in [0.2, 0.25) is 0 Å². The second kappa shape index (κ2) is 9.20. The summed E-state index contributed by atoms with van der Waals surface area (Å²) in [6.07, 6.45) is 4.68. The van der Waals surface area contributed by atoms with Crippen LogP contribution >= 0.6 is 12.2 Å². The summed E-state index contributed by atoms with van der Waals surface area (Å²) in [6, 6.07) is 12.3. The molecule has 0 unspecified atom stereocenters. The molecule has 2 amide bonds. The van der Waals surface area contributed by atoms with Crippen LogP contribution in [0.3, 0.4) is 0 Å². The van der Waals surface area contributed by atoms with Crippen LogP contribution in [0.15, 0.2) is 48.0 Å². The summed E-state index contributed by atoms with van der Waals surface area (Å²) in [7, 11) is 0. The van der Waals surface area contributed by atoms with E-state index in [9.17, 15) is 14.0 Å². The second-order valence-electron chi connectivity index (χ2n) is 8.46. The van der Waals surface area contributed by atoms with E-state index < -0.39 is 11.8 Å². The Hall–Kier alpha value is -3.06. The zero-order valence-electron chi connectivity index (χ0n) is 18.2. The molecule has 2 fully saturated rings. The van der Waals surface area contributed by atoms with Crippen molar-refractivity contribution in [1.82, 2.24) is 5.32 Å². The highest BCUT2D eigenvalue weighted by atomic mass is 32.1. The third-order valence-electron chi connectivity index (χ3n) is 5.90. The third-order valence-corrected chi connectivity index (χ3v) is 6.18. The molecule has 0 atom stereocenters. The van der Waals surface area contributed by atoms with E-state index in [1.54, 1.807) is 12.1 Å². The highest BCUT2D eigenvalue weighted by Gasteiger charge is 2.34. The first-order valence-corrected chi connectivity index (χ1v) is 11.3. The summed E-state index contributed by atoms with van der Waals surface area (Å²) in [5.74, 6) is -1.13. The van der Waals surface area contributed by atoms with Crippen LogP contribution in [0.4, 0.5) is 15.8 Å². The molecule has 166 valence electrons. The van der Waals surface area contributed by atoms with Gasteiger partial charge in [-0.1, -0.05) is 32.0 Å². The number of amides is 2. The first kappa shape index (κ1) is 22.1. The summed E-state index contributed by atoms with van der Waals surface area (Å²) >= 11 is 5.26. The number of carbonyl (C=O) groups excluding carboxylic acids is 2. The molecule has 2 heterocycles. The van der Waals surface area contributed by atoms with Gasteiger partial charge in [0.2, 0.25) is 0 Å². The van der Waals surface area contributed by atoms with E-state index in [0.29, 0.717) is 22.9 Å². The van der Waals surface area contributed by atoms with Crippen LogP contribution in [0.1, 0.15) is 50.2 Å². The Morgan fingerprint density at radius 3 is 2.34 bits per heavy atom. The highest BCUT2D eigenvalue weighted by molar-refractivity contribution is 7.80. The van der Waals surface area contributed by atoms with Crippen LogP contribution in [-0.2, 0) is 9.59 Å². The van der Waals surface area contributed by atoms with Crippen molar-refractivity contribution in [2.75, 3.05) is 22.9 Å². The number of halogens is 1. The van der Waals surface area contributed by atoms with Crippen molar-refractivity contribution in [1.29, 1.82) is 0 Å². The number of hydrogen-bond donors (Lipinski definition) is 1. The van der Waals surface area contributed by atoms with Gasteiger partial charge < -0.3 is 4.90 Å². The first-order valence-electron chi connectivity index (χ1n) is 10.9. The van der Waals surface area contributed by atoms with Gasteiger partial charge >= 0.3 is 0 Å². The number of hydrogen-bond acceptors (Lipinski definition) is 4. The van der Waals surface area contributed by atoms with E-state index in [1.165, 1.54) is 17.0 Å². The van der Waals surface area contributed by atoms with Crippen molar-refractivity contribution in [3.63, 3.8) is 0 Å². The van der Waals surface area contributed by atoms with E-state index in [1.807, 2.05) is 29.2 Å². The average Bonchev–Trinajstić information content (AvgIpc) is 2.77. The number of carbonyl (C=O) groups is 2. The minimum atomic E-state index is -0.587. The summed E-state index contributed by atoms with van der Waals surface area (Å²) in [4.78, 5) is 29.0. The van der Waals surface area contributed by atoms with Gasteiger partial charge in [0, 0.05) is 13.1 Å². The van der Waals surface area contributed by atoms with E-state index in [0.717, 1.165) is 37.9 Å². The molecule has 0 radical (unpaired) electrons. The standard InChI is InChI=1S/C25H26FN3O2S/c1-16(2)18-7-9-19(10-8-18)29-24(31)20(23(30)27-25(29)32)14-17-6-11-22(21(26)15-17)28-12-4-3-5-13-28/h6-11,14-16H,3-5,12-13H2,1-2H3,(H,27,30,32)/b20-14+. The monoisotopic (exact) mass is 451 g/mol. The van der Waals surface area contributed by atoms with Crippen LogP contribution in [0, 0.1) is 5.82 Å². The normalized spacial score (nSPS) is 18.5. The molecule has 0 aromatic heterocycles. The predicted molar refractivity (Wildman–Crippen MR) is 129 cm³/mol. The van der Waals surface area contributed by atoms with E-state index in [2.05, 4.69) is 19.2 Å². The number of nitrogens with zero attached hydrogens (tertiary/aromatic N) is 2. The Balaban J connectivity index is 1.62. The van der Waals surface area contributed by atoms with Crippen LogP contribution < -0.4 is 15.1 Å². The van der Waals surface area contributed by atoms with Gasteiger partial charge in [0.15, 0.2) is 5.11 Å².